The van der Waals surface area contributed by atoms with Crippen molar-refractivity contribution in [3.63, 3.8) is 0 Å². The molecule has 0 amide bonds. The molecular weight excluding hydrogens is 246 g/mol. The number of benzene rings is 1. The fourth-order valence-corrected chi connectivity index (χ4v) is 1.89. The first kappa shape index (κ1) is 16.1. The minimum absolute atomic E-state index is 0.136. The summed E-state index contributed by atoms with van der Waals surface area (Å²) in [7, 11) is 1.69. The quantitative estimate of drug-likeness (QED) is 0.416. The van der Waals surface area contributed by atoms with E-state index >= 15 is 0 Å². The van der Waals surface area contributed by atoms with Gasteiger partial charge in [-0.05, 0) is 37.0 Å². The van der Waals surface area contributed by atoms with Crippen LogP contribution in [0.3, 0.4) is 0 Å². The number of allylic oxidation sites excluding steroid dienone is 3. The molecule has 1 rings (SSSR count). The van der Waals surface area contributed by atoms with E-state index in [1.165, 1.54) is 11.1 Å². The van der Waals surface area contributed by atoms with Crippen LogP contribution in [0.1, 0.15) is 30.9 Å². The van der Waals surface area contributed by atoms with Crippen LogP contribution >= 0.6 is 0 Å². The van der Waals surface area contributed by atoms with Gasteiger partial charge < -0.3 is 0 Å². The third-order valence-electron chi connectivity index (χ3n) is 3.26. The molecule has 0 saturated heterocycles. The molecule has 0 radical (unpaired) electrons. The fraction of sp³-hybridized carbons (Fsp3) is 0.333. The van der Waals surface area contributed by atoms with Crippen molar-refractivity contribution in [3.8, 4) is 0 Å². The SMILES string of the molecule is C=C(CC)/C(=C\C=NC)C(=O)CCc1ccc(C)cc1. The van der Waals surface area contributed by atoms with E-state index in [0.717, 1.165) is 18.4 Å². The largest absolute Gasteiger partial charge is 0.296 e. The summed E-state index contributed by atoms with van der Waals surface area (Å²) >= 11 is 0. The molecule has 0 spiro atoms. The van der Waals surface area contributed by atoms with Gasteiger partial charge >= 0.3 is 0 Å². The number of carbonyl (C=O) groups is 1. The highest BCUT2D eigenvalue weighted by molar-refractivity contribution is 6.02. The van der Waals surface area contributed by atoms with Gasteiger partial charge in [0.05, 0.1) is 0 Å². The molecule has 0 N–H and O–H groups in total. The van der Waals surface area contributed by atoms with Gasteiger partial charge in [0.2, 0.25) is 0 Å². The van der Waals surface area contributed by atoms with Gasteiger partial charge in [-0.1, -0.05) is 43.3 Å². The first-order chi connectivity index (χ1) is 9.58. The van der Waals surface area contributed by atoms with Crippen LogP contribution in [0.5, 0.6) is 0 Å². The number of aryl methyl sites for hydroxylation is 2. The van der Waals surface area contributed by atoms with Crippen molar-refractivity contribution in [2.75, 3.05) is 7.05 Å². The van der Waals surface area contributed by atoms with Crippen molar-refractivity contribution < 1.29 is 4.79 Å². The summed E-state index contributed by atoms with van der Waals surface area (Å²) in [5.74, 6) is 0.136. The van der Waals surface area contributed by atoms with Crippen molar-refractivity contribution in [1.82, 2.24) is 0 Å². The predicted molar refractivity (Wildman–Crippen MR) is 86.4 cm³/mol. The summed E-state index contributed by atoms with van der Waals surface area (Å²) in [6.45, 7) is 8.03. The van der Waals surface area contributed by atoms with E-state index in [9.17, 15) is 4.79 Å². The highest BCUT2D eigenvalue weighted by atomic mass is 16.1. The van der Waals surface area contributed by atoms with E-state index in [4.69, 9.17) is 0 Å². The Kier molecular flexibility index (Phi) is 6.65. The number of hydrogen-bond donors (Lipinski definition) is 0. The zero-order valence-electron chi connectivity index (χ0n) is 12.6. The maximum absolute atomic E-state index is 12.3. The summed E-state index contributed by atoms with van der Waals surface area (Å²) < 4.78 is 0. The molecule has 0 aliphatic carbocycles. The topological polar surface area (TPSA) is 29.4 Å². The molecule has 0 aliphatic rings. The van der Waals surface area contributed by atoms with E-state index in [0.29, 0.717) is 12.0 Å². The monoisotopic (exact) mass is 269 g/mol. The Morgan fingerprint density at radius 3 is 2.50 bits per heavy atom. The van der Waals surface area contributed by atoms with Gasteiger partial charge in [-0.3, -0.25) is 9.79 Å². The van der Waals surface area contributed by atoms with Crippen molar-refractivity contribution in [2.24, 2.45) is 4.99 Å². The van der Waals surface area contributed by atoms with Crippen molar-refractivity contribution in [1.29, 1.82) is 0 Å². The predicted octanol–water partition coefficient (Wildman–Crippen LogP) is 4.09. The summed E-state index contributed by atoms with van der Waals surface area (Å²) in [6.07, 6.45) is 5.46. The fourth-order valence-electron chi connectivity index (χ4n) is 1.89. The molecule has 0 atom stereocenters. The Bertz CT molecular complexity index is 521. The van der Waals surface area contributed by atoms with E-state index < -0.39 is 0 Å². The molecule has 0 fully saturated rings. The van der Waals surface area contributed by atoms with Gasteiger partial charge in [-0.25, -0.2) is 0 Å². The first-order valence-electron chi connectivity index (χ1n) is 6.97. The van der Waals surface area contributed by atoms with Gasteiger partial charge in [-0.15, -0.1) is 0 Å². The lowest BCUT2D eigenvalue weighted by Crippen LogP contribution is -2.06. The summed E-state index contributed by atoms with van der Waals surface area (Å²) in [6, 6.07) is 8.30. The Labute approximate surface area is 121 Å². The Morgan fingerprint density at radius 1 is 1.30 bits per heavy atom. The maximum atomic E-state index is 12.3. The van der Waals surface area contributed by atoms with E-state index in [2.05, 4.69) is 42.8 Å². The van der Waals surface area contributed by atoms with Crippen LogP contribution in [0.15, 0.2) is 53.1 Å². The Balaban J connectivity index is 2.71. The molecule has 0 unspecified atom stereocenters. The van der Waals surface area contributed by atoms with E-state index in [1.807, 2.05) is 6.92 Å². The van der Waals surface area contributed by atoms with Gasteiger partial charge in [-0.2, -0.15) is 0 Å². The van der Waals surface area contributed by atoms with Crippen molar-refractivity contribution >= 4 is 12.0 Å². The number of Topliss-reactive ketones (excluding diaryl/α,β-unsaturated/α-hetero) is 1. The lowest BCUT2D eigenvalue weighted by Gasteiger charge is -2.08. The second-order valence-electron chi connectivity index (χ2n) is 4.85. The number of rotatable bonds is 7. The van der Waals surface area contributed by atoms with Crippen LogP contribution in [-0.2, 0) is 11.2 Å². The number of carbonyl (C=O) groups excluding carboxylic acids is 1. The molecule has 0 aliphatic heterocycles. The first-order valence-corrected chi connectivity index (χ1v) is 6.97. The molecule has 1 aromatic rings. The highest BCUT2D eigenvalue weighted by Gasteiger charge is 2.11. The molecule has 1 aromatic carbocycles. The van der Waals surface area contributed by atoms with Crippen molar-refractivity contribution in [3.05, 3.63) is 59.2 Å². The molecule has 0 saturated carbocycles. The van der Waals surface area contributed by atoms with Crippen LogP contribution in [0, 0.1) is 6.92 Å². The van der Waals surface area contributed by atoms with Gasteiger partial charge in [0, 0.05) is 25.3 Å². The summed E-state index contributed by atoms with van der Waals surface area (Å²) in [4.78, 5) is 16.2. The molecule has 0 aromatic heterocycles. The smallest absolute Gasteiger partial charge is 0.163 e. The van der Waals surface area contributed by atoms with E-state index in [-0.39, 0.29) is 5.78 Å². The average molecular weight is 269 g/mol. The second kappa shape index (κ2) is 8.26. The Hall–Kier alpha value is -1.96. The maximum Gasteiger partial charge on any atom is 0.163 e. The number of aliphatic imine (C=N–C) groups is 1. The van der Waals surface area contributed by atoms with Crippen LogP contribution < -0.4 is 0 Å². The molecule has 0 heterocycles. The number of hydrogen-bond acceptors (Lipinski definition) is 2. The molecule has 20 heavy (non-hydrogen) atoms. The zero-order chi connectivity index (χ0) is 15.0. The molecule has 2 nitrogen and oxygen atoms in total. The van der Waals surface area contributed by atoms with Crippen LogP contribution in [0.25, 0.3) is 0 Å². The minimum atomic E-state index is 0.136. The van der Waals surface area contributed by atoms with Crippen molar-refractivity contribution in [2.45, 2.75) is 33.1 Å². The van der Waals surface area contributed by atoms with E-state index in [1.54, 1.807) is 19.3 Å². The van der Waals surface area contributed by atoms with Crippen LogP contribution in [-0.4, -0.2) is 19.0 Å². The second-order valence-corrected chi connectivity index (χ2v) is 4.85. The van der Waals surface area contributed by atoms with Gasteiger partial charge in [0.15, 0.2) is 5.78 Å². The average Bonchev–Trinajstić information content (AvgIpc) is 2.46. The number of ketones is 1. The third-order valence-corrected chi connectivity index (χ3v) is 3.26. The molecular formula is C18H23NO. The third kappa shape index (κ3) is 4.96. The Morgan fingerprint density at radius 2 is 1.95 bits per heavy atom. The summed E-state index contributed by atoms with van der Waals surface area (Å²) in [5.41, 5.74) is 4.00. The molecule has 2 heteroatoms. The number of nitrogens with zero attached hydrogens (tertiary/aromatic N) is 1. The molecule has 106 valence electrons. The zero-order valence-corrected chi connectivity index (χ0v) is 12.6. The van der Waals surface area contributed by atoms with Crippen LogP contribution in [0.2, 0.25) is 0 Å². The normalized spacial score (nSPS) is 11.8. The lowest BCUT2D eigenvalue weighted by atomic mass is 9.96. The van der Waals surface area contributed by atoms with Crippen LogP contribution in [0.4, 0.5) is 0 Å². The standard InChI is InChI=1S/C18H23NO/c1-5-15(3)17(12-13-19-4)18(20)11-10-16-8-6-14(2)7-9-16/h6-9,12-13H,3,5,10-11H2,1-2,4H3/b17-12+,19-13?. The summed E-state index contributed by atoms with van der Waals surface area (Å²) in [5, 5.41) is 0. The highest BCUT2D eigenvalue weighted by Crippen LogP contribution is 2.16. The van der Waals surface area contributed by atoms with Gasteiger partial charge in [0.25, 0.3) is 0 Å². The minimum Gasteiger partial charge on any atom is -0.296 e. The lowest BCUT2D eigenvalue weighted by molar-refractivity contribution is -0.115. The molecule has 0 bridgehead atoms. The van der Waals surface area contributed by atoms with Gasteiger partial charge in [0.1, 0.15) is 0 Å².